The molecular formula is C6H5NO6S3-2. The molecular weight excluding hydrogens is 278 g/mol. The van der Waals surface area contributed by atoms with Crippen LogP contribution in [-0.2, 0) is 32.6 Å². The third kappa shape index (κ3) is 2.72. The Balaban J connectivity index is 3.31. The maximum Gasteiger partial charge on any atom is 0.264 e. The number of hydrogen-bond donors (Lipinski definition) is 0. The summed E-state index contributed by atoms with van der Waals surface area (Å²) in [5, 5.41) is 0. The first-order valence-electron chi connectivity index (χ1n) is 3.66. The average molecular weight is 283 g/mol. The van der Waals surface area contributed by atoms with Crippen molar-refractivity contribution in [2.75, 3.05) is 0 Å². The standard InChI is InChI=1S/C6H7NO6S3/c8-14(9)7(15(10)11)16(12,13)6-4-2-1-3-5-6/h1-5H,(H,8,9)(H,10,11)/p-2. The van der Waals surface area contributed by atoms with E-state index in [1.165, 1.54) is 18.2 Å². The molecule has 0 aliphatic rings. The Bertz CT molecular complexity index is 498. The first-order chi connectivity index (χ1) is 7.37. The van der Waals surface area contributed by atoms with Crippen molar-refractivity contribution < 1.29 is 25.9 Å². The zero-order valence-electron chi connectivity index (χ0n) is 7.51. The van der Waals surface area contributed by atoms with Gasteiger partial charge in [0.25, 0.3) is 10.0 Å². The second-order valence-electron chi connectivity index (χ2n) is 2.45. The third-order valence-corrected chi connectivity index (χ3v) is 5.87. The van der Waals surface area contributed by atoms with E-state index in [0.717, 1.165) is 12.1 Å². The molecule has 2 atom stereocenters. The Morgan fingerprint density at radius 2 is 1.44 bits per heavy atom. The molecule has 0 amide bonds. The molecule has 10 heteroatoms. The molecule has 90 valence electrons. The Labute approximate surface area is 97.0 Å². The third-order valence-electron chi connectivity index (χ3n) is 1.48. The summed E-state index contributed by atoms with van der Waals surface area (Å²) in [7, 11) is -4.59. The molecule has 0 saturated heterocycles. The number of hydrogen-bond acceptors (Lipinski definition) is 6. The van der Waals surface area contributed by atoms with Crippen molar-refractivity contribution in [3.05, 3.63) is 30.3 Å². The molecule has 0 aliphatic heterocycles. The molecule has 0 fully saturated rings. The molecule has 0 aromatic heterocycles. The average Bonchev–Trinajstić information content (AvgIpc) is 2.17. The molecule has 0 heterocycles. The lowest BCUT2D eigenvalue weighted by Gasteiger charge is -2.24. The van der Waals surface area contributed by atoms with Crippen LogP contribution in [0.4, 0.5) is 0 Å². The highest BCUT2D eigenvalue weighted by Gasteiger charge is 2.26. The van der Waals surface area contributed by atoms with Gasteiger partial charge in [-0.3, -0.25) is 8.42 Å². The summed E-state index contributed by atoms with van der Waals surface area (Å²) < 4.78 is 64.5. The number of rotatable bonds is 4. The van der Waals surface area contributed by atoms with Crippen LogP contribution in [0.15, 0.2) is 35.2 Å². The zero-order chi connectivity index (χ0) is 12.3. The predicted octanol–water partition coefficient (Wildman–Crippen LogP) is -0.735. The fourth-order valence-electron chi connectivity index (χ4n) is 0.888. The minimum atomic E-state index is -4.59. The van der Waals surface area contributed by atoms with Crippen molar-refractivity contribution in [3.8, 4) is 0 Å². The van der Waals surface area contributed by atoms with E-state index in [9.17, 15) is 25.9 Å². The van der Waals surface area contributed by atoms with Crippen LogP contribution < -0.4 is 0 Å². The lowest BCUT2D eigenvalue weighted by Crippen LogP contribution is -2.34. The van der Waals surface area contributed by atoms with Gasteiger partial charge < -0.3 is 9.11 Å². The molecule has 0 aliphatic carbocycles. The Morgan fingerprint density at radius 3 is 1.81 bits per heavy atom. The number of sulfonamides is 1. The minimum absolute atomic E-state index is 0.427. The van der Waals surface area contributed by atoms with E-state index in [4.69, 9.17) is 0 Å². The first kappa shape index (κ1) is 13.4. The van der Waals surface area contributed by atoms with E-state index in [1.807, 2.05) is 0 Å². The lowest BCUT2D eigenvalue weighted by atomic mass is 10.4. The number of nitrogens with zero attached hydrogens (tertiary/aromatic N) is 1. The molecule has 0 spiro atoms. The maximum atomic E-state index is 11.6. The Kier molecular flexibility index (Phi) is 4.29. The summed E-state index contributed by atoms with van der Waals surface area (Å²) in [5.41, 5.74) is 0. The van der Waals surface area contributed by atoms with Crippen molar-refractivity contribution in [1.29, 1.82) is 0 Å². The molecule has 1 aromatic rings. The van der Waals surface area contributed by atoms with Crippen LogP contribution in [0, 0.1) is 0 Å². The summed E-state index contributed by atoms with van der Waals surface area (Å²) in [4.78, 5) is -0.427. The number of benzene rings is 1. The Hall–Kier alpha value is -0.650. The molecule has 16 heavy (non-hydrogen) atoms. The van der Waals surface area contributed by atoms with Gasteiger partial charge in [0.2, 0.25) is 0 Å². The zero-order valence-corrected chi connectivity index (χ0v) is 9.96. The van der Waals surface area contributed by atoms with Crippen LogP contribution in [-0.4, -0.2) is 29.1 Å². The lowest BCUT2D eigenvalue weighted by molar-refractivity contribution is 0.479. The quantitative estimate of drug-likeness (QED) is 0.672. The second-order valence-corrected chi connectivity index (χ2v) is 6.52. The fourth-order valence-corrected chi connectivity index (χ4v) is 3.76. The normalized spacial score (nSPS) is 15.9. The van der Waals surface area contributed by atoms with E-state index in [1.54, 1.807) is 0 Å². The van der Waals surface area contributed by atoms with Gasteiger partial charge in [0.05, 0.1) is 4.90 Å². The van der Waals surface area contributed by atoms with E-state index in [-0.39, 0.29) is 0 Å². The van der Waals surface area contributed by atoms with E-state index < -0.39 is 40.6 Å². The van der Waals surface area contributed by atoms with Crippen molar-refractivity contribution in [3.63, 3.8) is 0 Å². The highest BCUT2D eigenvalue weighted by Crippen LogP contribution is 2.17. The van der Waals surface area contributed by atoms with E-state index in [0.29, 0.717) is 0 Å². The van der Waals surface area contributed by atoms with Gasteiger partial charge in [-0.15, -0.1) is 0 Å². The van der Waals surface area contributed by atoms with Crippen LogP contribution in [0.25, 0.3) is 0 Å². The molecule has 7 nitrogen and oxygen atoms in total. The van der Waals surface area contributed by atoms with Gasteiger partial charge in [-0.1, -0.05) is 21.3 Å². The van der Waals surface area contributed by atoms with Gasteiger partial charge in [0.1, 0.15) is 0 Å². The van der Waals surface area contributed by atoms with Gasteiger partial charge in [-0.2, -0.15) is 0 Å². The summed E-state index contributed by atoms with van der Waals surface area (Å²) in [6.45, 7) is 0. The smallest absolute Gasteiger partial charge is 0.264 e. The molecule has 0 radical (unpaired) electrons. The SMILES string of the molecule is O=S([O-])N(S(=O)[O-])S(=O)(=O)c1ccccc1. The van der Waals surface area contributed by atoms with E-state index in [2.05, 4.69) is 0 Å². The van der Waals surface area contributed by atoms with Crippen LogP contribution in [0.1, 0.15) is 0 Å². The van der Waals surface area contributed by atoms with Gasteiger partial charge in [0, 0.05) is 22.5 Å². The van der Waals surface area contributed by atoms with Gasteiger partial charge in [-0.25, -0.2) is 8.42 Å². The summed E-state index contributed by atoms with van der Waals surface area (Å²) in [6.07, 6.45) is 0. The van der Waals surface area contributed by atoms with Crippen LogP contribution in [0.5, 0.6) is 0 Å². The fraction of sp³-hybridized carbons (Fsp3) is 0. The van der Waals surface area contributed by atoms with Gasteiger partial charge >= 0.3 is 0 Å². The van der Waals surface area contributed by atoms with Crippen molar-refractivity contribution in [2.24, 2.45) is 0 Å². The highest BCUT2D eigenvalue weighted by atomic mass is 32.3. The molecule has 0 saturated carbocycles. The van der Waals surface area contributed by atoms with Crippen LogP contribution in [0.3, 0.4) is 0 Å². The molecule has 1 aromatic carbocycles. The van der Waals surface area contributed by atoms with Crippen LogP contribution >= 0.6 is 0 Å². The highest BCUT2D eigenvalue weighted by molar-refractivity contribution is 8.10. The molecule has 0 bridgehead atoms. The topological polar surface area (TPSA) is 118 Å². The Morgan fingerprint density at radius 1 is 1.00 bits per heavy atom. The second kappa shape index (κ2) is 5.12. The predicted molar refractivity (Wildman–Crippen MR) is 53.3 cm³/mol. The molecule has 0 N–H and O–H groups in total. The summed E-state index contributed by atoms with van der Waals surface area (Å²) >= 11 is -6.84. The maximum absolute atomic E-state index is 11.6. The largest absolute Gasteiger partial charge is 0.758 e. The van der Waals surface area contributed by atoms with Crippen molar-refractivity contribution >= 4 is 32.6 Å². The summed E-state index contributed by atoms with van der Waals surface area (Å²) in [6, 6.07) is 6.36. The van der Waals surface area contributed by atoms with Crippen molar-refractivity contribution in [2.45, 2.75) is 4.90 Å². The minimum Gasteiger partial charge on any atom is -0.758 e. The molecule has 1 rings (SSSR count). The first-order valence-corrected chi connectivity index (χ1v) is 7.17. The summed E-state index contributed by atoms with van der Waals surface area (Å²) in [5.74, 6) is 0. The van der Waals surface area contributed by atoms with E-state index >= 15 is 0 Å². The van der Waals surface area contributed by atoms with Gasteiger partial charge in [-0.05, 0) is 12.1 Å². The van der Waals surface area contributed by atoms with Crippen LogP contribution in [0.2, 0.25) is 0 Å². The monoisotopic (exact) mass is 283 g/mol. The molecule has 2 unspecified atom stereocenters. The van der Waals surface area contributed by atoms with Crippen molar-refractivity contribution in [1.82, 2.24) is 3.12 Å². The van der Waals surface area contributed by atoms with Gasteiger partial charge in [0.15, 0.2) is 0 Å².